The molecule has 0 amide bonds. The summed E-state index contributed by atoms with van der Waals surface area (Å²) in [6.45, 7) is 1.91. The lowest BCUT2D eigenvalue weighted by molar-refractivity contribution is -0.143. The molecule has 10 heteroatoms. The fraction of sp³-hybridized carbons (Fsp3) is 0.115. The molecule has 0 aliphatic carbocycles. The van der Waals surface area contributed by atoms with Gasteiger partial charge in [-0.3, -0.25) is 0 Å². The Morgan fingerprint density at radius 3 is 2.44 bits per heavy atom. The lowest BCUT2D eigenvalue weighted by Gasteiger charge is -2.13. The zero-order valence-corrected chi connectivity index (χ0v) is 19.0. The van der Waals surface area contributed by atoms with Crippen molar-refractivity contribution in [1.29, 1.82) is 0 Å². The fourth-order valence-electron chi connectivity index (χ4n) is 3.68. The summed E-state index contributed by atoms with van der Waals surface area (Å²) in [6, 6.07) is 13.8. The number of aromatic carboxylic acids is 1. The Morgan fingerprint density at radius 1 is 1.06 bits per heavy atom. The highest BCUT2D eigenvalue weighted by Crippen LogP contribution is 2.34. The second-order valence-electron chi connectivity index (χ2n) is 7.79. The van der Waals surface area contributed by atoms with E-state index < -0.39 is 29.2 Å². The fourth-order valence-corrected chi connectivity index (χ4v) is 3.68. The van der Waals surface area contributed by atoms with E-state index in [-0.39, 0.29) is 11.5 Å². The van der Waals surface area contributed by atoms with Gasteiger partial charge in [-0.2, -0.15) is 18.3 Å². The summed E-state index contributed by atoms with van der Waals surface area (Å²) in [7, 11) is 1.57. The number of aryl methyl sites for hydroxylation is 1. The number of aromatic nitrogens is 3. The van der Waals surface area contributed by atoms with Crippen LogP contribution in [0.25, 0.3) is 29.2 Å². The summed E-state index contributed by atoms with van der Waals surface area (Å²) >= 11 is 0. The molecular formula is C26H19F4N3O3. The second kappa shape index (κ2) is 9.65. The molecule has 4 rings (SSSR count). The lowest BCUT2D eigenvalue weighted by Crippen LogP contribution is -2.18. The summed E-state index contributed by atoms with van der Waals surface area (Å²) in [6.07, 6.45) is -0.808. The number of methoxy groups -OCH3 is 1. The average Bonchev–Trinajstić information content (AvgIpc) is 3.30. The van der Waals surface area contributed by atoms with Crippen molar-refractivity contribution in [3.05, 3.63) is 94.6 Å². The number of halogens is 4. The monoisotopic (exact) mass is 497 g/mol. The predicted molar refractivity (Wildman–Crippen MR) is 125 cm³/mol. The van der Waals surface area contributed by atoms with Crippen molar-refractivity contribution in [2.24, 2.45) is 0 Å². The molecule has 0 spiro atoms. The smallest absolute Gasteiger partial charge is 0.434 e. The largest absolute Gasteiger partial charge is 0.497 e. The molecule has 0 aliphatic heterocycles. The molecule has 0 radical (unpaired) electrons. The Morgan fingerprint density at radius 2 is 1.78 bits per heavy atom. The van der Waals surface area contributed by atoms with Gasteiger partial charge in [0.1, 0.15) is 17.1 Å². The third kappa shape index (κ3) is 4.97. The van der Waals surface area contributed by atoms with Crippen molar-refractivity contribution in [1.82, 2.24) is 14.8 Å². The zero-order valence-electron chi connectivity index (χ0n) is 19.0. The Kier molecular flexibility index (Phi) is 6.61. The van der Waals surface area contributed by atoms with Gasteiger partial charge < -0.3 is 9.84 Å². The third-order valence-electron chi connectivity index (χ3n) is 5.43. The number of ether oxygens (including phenoxy) is 1. The summed E-state index contributed by atoms with van der Waals surface area (Å²) in [5.41, 5.74) is 0.450. The summed E-state index contributed by atoms with van der Waals surface area (Å²) in [4.78, 5) is 15.5. The topological polar surface area (TPSA) is 77.2 Å². The number of nitrogens with zero attached hydrogens (tertiary/aromatic N) is 3. The van der Waals surface area contributed by atoms with Gasteiger partial charge in [0.15, 0.2) is 11.5 Å². The van der Waals surface area contributed by atoms with Gasteiger partial charge in [-0.25, -0.2) is 18.9 Å². The molecule has 1 N–H and O–H groups in total. The molecule has 36 heavy (non-hydrogen) atoms. The van der Waals surface area contributed by atoms with Crippen LogP contribution in [0.2, 0.25) is 0 Å². The first-order chi connectivity index (χ1) is 17.1. The molecule has 6 nitrogen and oxygen atoms in total. The van der Waals surface area contributed by atoms with E-state index in [2.05, 4.69) is 10.1 Å². The summed E-state index contributed by atoms with van der Waals surface area (Å²) < 4.78 is 60.8. The molecule has 0 unspecified atom stereocenters. The van der Waals surface area contributed by atoms with Crippen LogP contribution in [0.1, 0.15) is 32.7 Å². The highest BCUT2D eigenvalue weighted by molar-refractivity contribution is 5.89. The molecule has 2 heterocycles. The molecule has 2 aromatic heterocycles. The normalized spacial score (nSPS) is 11.7. The van der Waals surface area contributed by atoms with Gasteiger partial charge in [-0.1, -0.05) is 30.4 Å². The first-order valence-electron chi connectivity index (χ1n) is 10.6. The Labute approximate surface area is 203 Å². The van der Waals surface area contributed by atoms with Gasteiger partial charge >= 0.3 is 12.1 Å². The van der Waals surface area contributed by atoms with Gasteiger partial charge in [-0.15, -0.1) is 0 Å². The average molecular weight is 497 g/mol. The maximum atomic E-state index is 14.2. The number of hydrogen-bond acceptors (Lipinski definition) is 4. The van der Waals surface area contributed by atoms with Crippen LogP contribution in [-0.2, 0) is 6.18 Å². The van der Waals surface area contributed by atoms with Crippen molar-refractivity contribution in [3.63, 3.8) is 0 Å². The minimum Gasteiger partial charge on any atom is -0.497 e. The number of carbonyl (C=O) groups is 1. The molecule has 0 fully saturated rings. The van der Waals surface area contributed by atoms with E-state index in [9.17, 15) is 22.4 Å². The third-order valence-corrected chi connectivity index (χ3v) is 5.43. The van der Waals surface area contributed by atoms with Crippen molar-refractivity contribution in [2.45, 2.75) is 13.1 Å². The van der Waals surface area contributed by atoms with E-state index in [1.54, 1.807) is 19.3 Å². The molecule has 4 aromatic rings. The predicted octanol–water partition coefficient (Wildman–Crippen LogP) is 6.28. The van der Waals surface area contributed by atoms with Gasteiger partial charge in [0.25, 0.3) is 0 Å². The number of benzene rings is 2. The first-order valence-corrected chi connectivity index (χ1v) is 10.6. The van der Waals surface area contributed by atoms with E-state index in [0.717, 1.165) is 11.1 Å². The SMILES string of the molecule is COc1ccc(/C=C/c2ccc(F)cc2-c2cccc(-n3ncc(C(=O)O)c3C(F)(F)F)n2)c(C)c1. The first kappa shape index (κ1) is 24.6. The minimum atomic E-state index is -5.00. The van der Waals surface area contributed by atoms with Crippen LogP contribution < -0.4 is 4.74 Å². The van der Waals surface area contributed by atoms with E-state index in [1.807, 2.05) is 25.1 Å². The lowest BCUT2D eigenvalue weighted by atomic mass is 10.0. The maximum Gasteiger partial charge on any atom is 0.434 e. The van der Waals surface area contributed by atoms with Crippen LogP contribution in [0.5, 0.6) is 5.75 Å². The summed E-state index contributed by atoms with van der Waals surface area (Å²) in [5, 5.41) is 12.8. The Bertz CT molecular complexity index is 1480. The van der Waals surface area contributed by atoms with Gasteiger partial charge in [0.2, 0.25) is 0 Å². The maximum absolute atomic E-state index is 14.2. The Hall–Kier alpha value is -4.47. The van der Waals surface area contributed by atoms with Crippen molar-refractivity contribution in [3.8, 4) is 22.8 Å². The highest BCUT2D eigenvalue weighted by atomic mass is 19.4. The molecule has 0 atom stereocenters. The van der Waals surface area contributed by atoms with Crippen LogP contribution in [0.4, 0.5) is 17.6 Å². The number of carboxylic acids is 1. The van der Waals surface area contributed by atoms with Gasteiger partial charge in [0, 0.05) is 5.56 Å². The number of pyridine rings is 1. The quantitative estimate of drug-likeness (QED) is 0.251. The minimum absolute atomic E-state index is 0.179. The van der Waals surface area contributed by atoms with Crippen molar-refractivity contribution >= 4 is 18.1 Å². The molecule has 0 saturated heterocycles. The van der Waals surface area contributed by atoms with Crippen LogP contribution in [0, 0.1) is 12.7 Å². The summed E-state index contributed by atoms with van der Waals surface area (Å²) in [5.74, 6) is -1.89. The second-order valence-corrected chi connectivity index (χ2v) is 7.79. The number of alkyl halides is 3. The number of carboxylic acid groups (broad SMARTS) is 1. The number of rotatable bonds is 6. The molecule has 0 aliphatic rings. The molecule has 2 aromatic carbocycles. The van der Waals surface area contributed by atoms with E-state index in [1.165, 1.54) is 36.4 Å². The van der Waals surface area contributed by atoms with Crippen LogP contribution in [-0.4, -0.2) is 33.0 Å². The highest BCUT2D eigenvalue weighted by Gasteiger charge is 2.41. The molecular weight excluding hydrogens is 478 g/mol. The van der Waals surface area contributed by atoms with Gasteiger partial charge in [0.05, 0.1) is 19.0 Å². The molecule has 0 saturated carbocycles. The van der Waals surface area contributed by atoms with Crippen LogP contribution >= 0.6 is 0 Å². The van der Waals surface area contributed by atoms with E-state index in [0.29, 0.717) is 27.8 Å². The van der Waals surface area contributed by atoms with Crippen LogP contribution in [0.15, 0.2) is 60.8 Å². The Balaban J connectivity index is 1.79. The number of hydrogen-bond donors (Lipinski definition) is 1. The van der Waals surface area contributed by atoms with E-state index >= 15 is 0 Å². The van der Waals surface area contributed by atoms with Crippen molar-refractivity contribution < 1.29 is 32.2 Å². The standard InChI is InChI=1S/C26H19F4N3O3/c1-15-12-19(36-2)11-9-16(15)6-7-17-8-10-18(27)13-20(17)22-4-3-5-23(32-22)33-24(26(28,29)30)21(14-31-33)25(34)35/h3-14H,1-2H3,(H,34,35)/b7-6+. The van der Waals surface area contributed by atoms with Gasteiger partial charge in [-0.05, 0) is 60.0 Å². The van der Waals surface area contributed by atoms with Crippen LogP contribution in [0.3, 0.4) is 0 Å². The molecule has 184 valence electrons. The van der Waals surface area contributed by atoms with Crippen molar-refractivity contribution in [2.75, 3.05) is 7.11 Å². The zero-order chi connectivity index (χ0) is 26.0. The molecule has 0 bridgehead atoms. The van der Waals surface area contributed by atoms with E-state index in [4.69, 9.17) is 9.84 Å².